The van der Waals surface area contributed by atoms with Crippen LogP contribution in [-0.2, 0) is 4.74 Å². The van der Waals surface area contributed by atoms with Crippen molar-refractivity contribution in [2.45, 2.75) is 71.1 Å². The van der Waals surface area contributed by atoms with Gasteiger partial charge in [0.15, 0.2) is 0 Å². The van der Waals surface area contributed by atoms with Crippen LogP contribution in [0.2, 0.25) is 0 Å². The van der Waals surface area contributed by atoms with E-state index >= 15 is 0 Å². The van der Waals surface area contributed by atoms with E-state index in [1.54, 1.807) is 4.90 Å². The van der Waals surface area contributed by atoms with Crippen LogP contribution >= 0.6 is 0 Å². The van der Waals surface area contributed by atoms with Gasteiger partial charge in [0, 0.05) is 30.8 Å². The van der Waals surface area contributed by atoms with Gasteiger partial charge in [-0.25, -0.2) is 0 Å². The van der Waals surface area contributed by atoms with Gasteiger partial charge in [-0.2, -0.15) is 0 Å². The third-order valence-electron chi connectivity index (χ3n) is 4.20. The smallest absolute Gasteiger partial charge is 0.139 e. The highest BCUT2D eigenvalue weighted by molar-refractivity contribution is 5.12. The molecule has 2 rings (SSSR count). The summed E-state index contributed by atoms with van der Waals surface area (Å²) in [4.78, 5) is 5.87. The number of hydrogen-bond acceptors (Lipinski definition) is 2. The molecule has 23 heavy (non-hydrogen) atoms. The molecule has 126 valence electrons. The average Bonchev–Trinajstić information content (AvgIpc) is 2.51. The summed E-state index contributed by atoms with van der Waals surface area (Å²) in [5.41, 5.74) is 1.26. The standard InChI is InChI=1S/C20H30N2O/c1-17(23-20(2,3)4)10-5-7-14-22-15-8-6-12-19(22)18-11-9-13-21-16-18/h9,11,13,16-17,19H,6,8,10,12,14-15H2,1-4H3/p+1/t17-,19-/m1/s1. The number of nitrogens with one attached hydrogen (secondary N) is 1. The van der Waals surface area contributed by atoms with E-state index in [2.05, 4.69) is 50.6 Å². The van der Waals surface area contributed by atoms with Crippen LogP contribution in [0.1, 0.15) is 65.0 Å². The van der Waals surface area contributed by atoms with E-state index in [4.69, 9.17) is 4.74 Å². The Bertz CT molecular complexity index is 524. The molecule has 1 aliphatic rings. The number of piperidine rings is 1. The van der Waals surface area contributed by atoms with Crippen molar-refractivity contribution in [1.29, 1.82) is 0 Å². The van der Waals surface area contributed by atoms with Gasteiger partial charge in [-0.3, -0.25) is 4.98 Å². The molecular weight excluding hydrogens is 284 g/mol. The second-order valence-corrected chi connectivity index (χ2v) is 7.52. The average molecular weight is 315 g/mol. The van der Waals surface area contributed by atoms with Crippen LogP contribution in [0.25, 0.3) is 0 Å². The number of quaternary nitrogens is 1. The van der Waals surface area contributed by atoms with Crippen molar-refractivity contribution in [1.82, 2.24) is 4.98 Å². The summed E-state index contributed by atoms with van der Waals surface area (Å²) in [5.74, 6) is 6.70. The fourth-order valence-corrected chi connectivity index (χ4v) is 3.31. The number of aromatic nitrogens is 1. The van der Waals surface area contributed by atoms with Crippen LogP contribution in [0.4, 0.5) is 0 Å². The summed E-state index contributed by atoms with van der Waals surface area (Å²) in [6, 6.07) is 4.80. The molecule has 0 spiro atoms. The highest BCUT2D eigenvalue weighted by Crippen LogP contribution is 2.18. The number of hydrogen-bond donors (Lipinski definition) is 1. The molecule has 1 unspecified atom stereocenters. The zero-order valence-corrected chi connectivity index (χ0v) is 15.1. The number of ether oxygens (including phenoxy) is 1. The molecule has 0 radical (unpaired) electrons. The van der Waals surface area contributed by atoms with Gasteiger partial charge in [0.1, 0.15) is 12.6 Å². The molecule has 1 saturated heterocycles. The molecule has 0 amide bonds. The van der Waals surface area contributed by atoms with E-state index in [9.17, 15) is 0 Å². The number of nitrogens with zero attached hydrogens (tertiary/aromatic N) is 1. The summed E-state index contributed by atoms with van der Waals surface area (Å²) < 4.78 is 5.90. The van der Waals surface area contributed by atoms with Gasteiger partial charge in [0.05, 0.1) is 18.2 Å². The van der Waals surface area contributed by atoms with Crippen LogP contribution in [0.15, 0.2) is 24.5 Å². The Morgan fingerprint density at radius 2 is 2.17 bits per heavy atom. The Labute approximate surface area is 141 Å². The topological polar surface area (TPSA) is 26.6 Å². The molecule has 0 aliphatic carbocycles. The SMILES string of the molecule is C[C@H](CC#CC[NH+]1CCCC[C@@H]1c1cccnc1)OC(C)(C)C. The molecule has 1 aliphatic heterocycles. The first kappa shape index (κ1) is 18.0. The van der Waals surface area contributed by atoms with Crippen molar-refractivity contribution in [3.05, 3.63) is 30.1 Å². The summed E-state index contributed by atoms with van der Waals surface area (Å²) in [6.07, 6.45) is 8.72. The molecule has 0 aromatic carbocycles. The van der Waals surface area contributed by atoms with E-state index in [1.165, 1.54) is 31.4 Å². The number of rotatable bonds is 4. The zero-order valence-electron chi connectivity index (χ0n) is 15.1. The summed E-state index contributed by atoms with van der Waals surface area (Å²) >= 11 is 0. The number of pyridine rings is 1. The monoisotopic (exact) mass is 315 g/mol. The summed E-state index contributed by atoms with van der Waals surface area (Å²) in [7, 11) is 0. The minimum atomic E-state index is -0.0926. The first-order valence-corrected chi connectivity index (χ1v) is 8.84. The van der Waals surface area contributed by atoms with Gasteiger partial charge in [0.2, 0.25) is 0 Å². The highest BCUT2D eigenvalue weighted by atomic mass is 16.5. The van der Waals surface area contributed by atoms with E-state index in [1.807, 2.05) is 18.5 Å². The first-order valence-electron chi connectivity index (χ1n) is 8.84. The Morgan fingerprint density at radius 1 is 1.35 bits per heavy atom. The van der Waals surface area contributed by atoms with Gasteiger partial charge < -0.3 is 9.64 Å². The lowest BCUT2D eigenvalue weighted by atomic mass is 9.96. The minimum Gasteiger partial charge on any atom is -0.372 e. The van der Waals surface area contributed by atoms with Crippen LogP contribution in [0, 0.1) is 11.8 Å². The second kappa shape index (κ2) is 8.47. The molecule has 1 aromatic heterocycles. The van der Waals surface area contributed by atoms with Gasteiger partial charge in [-0.05, 0) is 52.5 Å². The largest absolute Gasteiger partial charge is 0.372 e. The van der Waals surface area contributed by atoms with Crippen LogP contribution in [0.5, 0.6) is 0 Å². The maximum absolute atomic E-state index is 5.90. The van der Waals surface area contributed by atoms with Crippen LogP contribution < -0.4 is 4.90 Å². The Morgan fingerprint density at radius 3 is 2.87 bits per heavy atom. The zero-order chi connectivity index (χ0) is 16.7. The molecule has 2 heterocycles. The van der Waals surface area contributed by atoms with Crippen molar-refractivity contribution in [3.63, 3.8) is 0 Å². The van der Waals surface area contributed by atoms with Gasteiger partial charge in [-0.1, -0.05) is 12.0 Å². The Kier molecular flexibility index (Phi) is 6.62. The maximum atomic E-state index is 5.90. The first-order chi connectivity index (χ1) is 11.0. The summed E-state index contributed by atoms with van der Waals surface area (Å²) in [6.45, 7) is 10.5. The van der Waals surface area contributed by atoms with Crippen molar-refractivity contribution in [3.8, 4) is 11.8 Å². The van der Waals surface area contributed by atoms with E-state index in [-0.39, 0.29) is 11.7 Å². The normalized spacial score (nSPS) is 23.0. The predicted octanol–water partition coefficient (Wildman–Crippen LogP) is 2.79. The van der Waals surface area contributed by atoms with Crippen LogP contribution in [0.3, 0.4) is 0 Å². The van der Waals surface area contributed by atoms with E-state index in [0.29, 0.717) is 6.04 Å². The van der Waals surface area contributed by atoms with E-state index < -0.39 is 0 Å². The lowest BCUT2D eigenvalue weighted by Gasteiger charge is -2.31. The molecular formula is C20H31N2O+. The molecule has 3 atom stereocenters. The molecule has 1 fully saturated rings. The molecule has 1 N–H and O–H groups in total. The second-order valence-electron chi connectivity index (χ2n) is 7.52. The lowest BCUT2D eigenvalue weighted by Crippen LogP contribution is -3.13. The van der Waals surface area contributed by atoms with Crippen LogP contribution in [-0.4, -0.2) is 29.8 Å². The quantitative estimate of drug-likeness (QED) is 0.865. The fraction of sp³-hybridized carbons (Fsp3) is 0.650. The summed E-state index contributed by atoms with van der Waals surface area (Å²) in [5, 5.41) is 0. The molecule has 0 saturated carbocycles. The van der Waals surface area contributed by atoms with Crippen molar-refractivity contribution < 1.29 is 9.64 Å². The fourth-order valence-electron chi connectivity index (χ4n) is 3.31. The lowest BCUT2D eigenvalue weighted by molar-refractivity contribution is -0.930. The van der Waals surface area contributed by atoms with Crippen molar-refractivity contribution in [2.24, 2.45) is 0 Å². The molecule has 1 aromatic rings. The minimum absolute atomic E-state index is 0.0926. The maximum Gasteiger partial charge on any atom is 0.139 e. The third kappa shape index (κ3) is 6.33. The number of likely N-dealkylation sites (tertiary alicyclic amines) is 1. The van der Waals surface area contributed by atoms with Gasteiger partial charge in [0.25, 0.3) is 0 Å². The van der Waals surface area contributed by atoms with Crippen molar-refractivity contribution in [2.75, 3.05) is 13.1 Å². The molecule has 3 nitrogen and oxygen atoms in total. The molecule has 0 bridgehead atoms. The van der Waals surface area contributed by atoms with Gasteiger partial charge in [-0.15, -0.1) is 0 Å². The Hall–Kier alpha value is -1.37. The van der Waals surface area contributed by atoms with Gasteiger partial charge >= 0.3 is 0 Å². The molecule has 3 heteroatoms. The van der Waals surface area contributed by atoms with E-state index in [0.717, 1.165) is 13.0 Å². The van der Waals surface area contributed by atoms with Crippen molar-refractivity contribution >= 4 is 0 Å². The highest BCUT2D eigenvalue weighted by Gasteiger charge is 2.26. The predicted molar refractivity (Wildman–Crippen MR) is 94.2 cm³/mol. The Balaban J connectivity index is 1.87. The third-order valence-corrected chi connectivity index (χ3v) is 4.20.